The van der Waals surface area contributed by atoms with Gasteiger partial charge in [0.1, 0.15) is 11.6 Å². The van der Waals surface area contributed by atoms with E-state index >= 15 is 0 Å². The molecule has 3 rings (SSSR count). The molecule has 1 amide bonds. The van der Waals surface area contributed by atoms with E-state index < -0.39 is 21.7 Å². The minimum absolute atomic E-state index is 0.0420. The van der Waals surface area contributed by atoms with Crippen LogP contribution in [0, 0.1) is 11.6 Å². The molecule has 0 fully saturated rings. The Balaban J connectivity index is 1.68. The third-order valence-electron chi connectivity index (χ3n) is 4.38. The van der Waals surface area contributed by atoms with Crippen molar-refractivity contribution in [3.8, 4) is 0 Å². The average molecular weight is 430 g/mol. The van der Waals surface area contributed by atoms with Gasteiger partial charge in [-0.05, 0) is 67.1 Å². The van der Waals surface area contributed by atoms with Crippen molar-refractivity contribution in [3.63, 3.8) is 0 Å². The van der Waals surface area contributed by atoms with Crippen LogP contribution in [0.4, 0.5) is 14.5 Å². The Morgan fingerprint density at radius 1 is 0.833 bits per heavy atom. The zero-order valence-corrected chi connectivity index (χ0v) is 16.8. The van der Waals surface area contributed by atoms with E-state index in [9.17, 15) is 22.0 Å². The summed E-state index contributed by atoms with van der Waals surface area (Å²) < 4.78 is 53.3. The second kappa shape index (κ2) is 9.60. The molecule has 0 radical (unpaired) electrons. The van der Waals surface area contributed by atoms with Gasteiger partial charge in [-0.2, -0.15) is 0 Å². The van der Waals surface area contributed by atoms with E-state index in [4.69, 9.17) is 0 Å². The molecule has 30 heavy (non-hydrogen) atoms. The number of anilines is 1. The maximum absolute atomic E-state index is 13.3. The summed E-state index contributed by atoms with van der Waals surface area (Å²) in [6.07, 6.45) is 0.316. The Morgan fingerprint density at radius 3 is 2.00 bits per heavy atom. The number of amides is 1. The van der Waals surface area contributed by atoms with Crippen LogP contribution >= 0.6 is 0 Å². The molecule has 0 atom stereocenters. The van der Waals surface area contributed by atoms with Crippen molar-refractivity contribution in [2.45, 2.75) is 11.3 Å². The van der Waals surface area contributed by atoms with E-state index in [0.717, 1.165) is 12.1 Å². The van der Waals surface area contributed by atoms with E-state index in [0.29, 0.717) is 17.7 Å². The summed E-state index contributed by atoms with van der Waals surface area (Å²) in [5.41, 5.74) is 0.973. The molecule has 3 aromatic rings. The van der Waals surface area contributed by atoms with Gasteiger partial charge in [0.15, 0.2) is 0 Å². The van der Waals surface area contributed by atoms with Crippen LogP contribution in [0.5, 0.6) is 0 Å². The lowest BCUT2D eigenvalue weighted by Gasteiger charge is -2.23. The fraction of sp³-hybridized carbons (Fsp3) is 0.136. The second-order valence-corrected chi connectivity index (χ2v) is 8.27. The summed E-state index contributed by atoms with van der Waals surface area (Å²) in [7, 11) is -3.79. The predicted octanol–water partition coefficient (Wildman–Crippen LogP) is 3.98. The number of hydrogen-bond donors (Lipinski definition) is 1. The molecule has 0 aromatic heterocycles. The fourth-order valence-electron chi connectivity index (χ4n) is 2.85. The molecule has 0 aliphatic rings. The third kappa shape index (κ3) is 5.49. The molecule has 8 heteroatoms. The first-order valence-electron chi connectivity index (χ1n) is 9.24. The Morgan fingerprint density at radius 2 is 1.40 bits per heavy atom. The molecule has 5 nitrogen and oxygen atoms in total. The van der Waals surface area contributed by atoms with Gasteiger partial charge < -0.3 is 4.90 Å². The first-order chi connectivity index (χ1) is 14.4. The van der Waals surface area contributed by atoms with Gasteiger partial charge >= 0.3 is 0 Å². The Kier molecular flexibility index (Phi) is 6.91. The van der Waals surface area contributed by atoms with Crippen molar-refractivity contribution < 1.29 is 22.0 Å². The van der Waals surface area contributed by atoms with E-state index in [-0.39, 0.29) is 23.9 Å². The molecule has 0 bridgehead atoms. The minimum atomic E-state index is -3.79. The van der Waals surface area contributed by atoms with Gasteiger partial charge in [0, 0.05) is 24.3 Å². The van der Waals surface area contributed by atoms with Gasteiger partial charge in [-0.3, -0.25) is 4.79 Å². The Hall–Kier alpha value is -3.10. The predicted molar refractivity (Wildman–Crippen MR) is 111 cm³/mol. The van der Waals surface area contributed by atoms with Crippen LogP contribution in [-0.4, -0.2) is 27.4 Å². The number of benzene rings is 3. The molecule has 0 heterocycles. The van der Waals surface area contributed by atoms with Gasteiger partial charge in [-0.1, -0.05) is 18.2 Å². The van der Waals surface area contributed by atoms with E-state index in [1.165, 1.54) is 41.3 Å². The van der Waals surface area contributed by atoms with Gasteiger partial charge in [-0.15, -0.1) is 0 Å². The molecule has 1 N–H and O–H groups in total. The number of halogens is 2. The number of rotatable bonds is 8. The standard InChI is InChI=1S/C22H20F2N2O3S/c23-18-7-11-20(12-8-18)26(22(27)17-5-2-1-3-6-17)16-4-15-25-30(28,29)21-13-9-19(24)10-14-21/h1-3,5-14,25H,4,15-16H2. The van der Waals surface area contributed by atoms with E-state index in [1.54, 1.807) is 30.3 Å². The number of carbonyl (C=O) groups excluding carboxylic acids is 1. The summed E-state index contributed by atoms with van der Waals surface area (Å²) in [5.74, 6) is -1.22. The summed E-state index contributed by atoms with van der Waals surface area (Å²) in [4.78, 5) is 14.4. The first kappa shape index (κ1) is 21.6. The normalized spacial score (nSPS) is 11.3. The second-order valence-electron chi connectivity index (χ2n) is 6.50. The third-order valence-corrected chi connectivity index (χ3v) is 5.86. The molecule has 0 saturated heterocycles. The highest BCUT2D eigenvalue weighted by Crippen LogP contribution is 2.18. The average Bonchev–Trinajstić information content (AvgIpc) is 2.75. The maximum atomic E-state index is 13.3. The summed E-state index contributed by atoms with van der Waals surface area (Å²) in [6, 6.07) is 18.7. The molecule has 0 unspecified atom stereocenters. The van der Waals surface area contributed by atoms with Crippen LogP contribution < -0.4 is 9.62 Å². The Labute approximate surface area is 174 Å². The van der Waals surface area contributed by atoms with Crippen LogP contribution in [-0.2, 0) is 10.0 Å². The fourth-order valence-corrected chi connectivity index (χ4v) is 3.92. The van der Waals surface area contributed by atoms with E-state index in [2.05, 4.69) is 4.72 Å². The van der Waals surface area contributed by atoms with Crippen LogP contribution in [0.3, 0.4) is 0 Å². The topological polar surface area (TPSA) is 66.5 Å². The monoisotopic (exact) mass is 430 g/mol. The minimum Gasteiger partial charge on any atom is -0.308 e. The smallest absolute Gasteiger partial charge is 0.258 e. The maximum Gasteiger partial charge on any atom is 0.258 e. The zero-order chi connectivity index (χ0) is 21.6. The molecule has 0 aliphatic heterocycles. The van der Waals surface area contributed by atoms with Crippen LogP contribution in [0.2, 0.25) is 0 Å². The summed E-state index contributed by atoms with van der Waals surface area (Å²) in [6.45, 7) is 0.283. The highest BCUT2D eigenvalue weighted by molar-refractivity contribution is 7.89. The van der Waals surface area contributed by atoms with Crippen molar-refractivity contribution >= 4 is 21.6 Å². The number of nitrogens with zero attached hydrogens (tertiary/aromatic N) is 1. The van der Waals surface area contributed by atoms with Crippen LogP contribution in [0.15, 0.2) is 83.8 Å². The molecule has 0 aliphatic carbocycles. The highest BCUT2D eigenvalue weighted by atomic mass is 32.2. The van der Waals surface area contributed by atoms with Crippen molar-refractivity contribution in [1.29, 1.82) is 0 Å². The van der Waals surface area contributed by atoms with Crippen molar-refractivity contribution in [1.82, 2.24) is 4.72 Å². The SMILES string of the molecule is O=C(c1ccccc1)N(CCCNS(=O)(=O)c1ccc(F)cc1)c1ccc(F)cc1. The van der Waals surface area contributed by atoms with Gasteiger partial charge in [0.05, 0.1) is 4.90 Å². The lowest BCUT2D eigenvalue weighted by atomic mass is 10.1. The Bertz CT molecular complexity index is 1090. The lowest BCUT2D eigenvalue weighted by molar-refractivity contribution is 0.0986. The largest absolute Gasteiger partial charge is 0.308 e. The van der Waals surface area contributed by atoms with Gasteiger partial charge in [-0.25, -0.2) is 21.9 Å². The van der Waals surface area contributed by atoms with Crippen molar-refractivity contribution in [2.75, 3.05) is 18.0 Å². The molecule has 0 saturated carbocycles. The number of carbonyl (C=O) groups is 1. The van der Waals surface area contributed by atoms with Crippen molar-refractivity contribution in [3.05, 3.63) is 96.1 Å². The van der Waals surface area contributed by atoms with Crippen LogP contribution in [0.1, 0.15) is 16.8 Å². The van der Waals surface area contributed by atoms with Gasteiger partial charge in [0.2, 0.25) is 10.0 Å². The van der Waals surface area contributed by atoms with Crippen LogP contribution in [0.25, 0.3) is 0 Å². The molecule has 156 valence electrons. The molecule has 3 aromatic carbocycles. The number of nitrogens with one attached hydrogen (secondary N) is 1. The molecular formula is C22H20F2N2O3S. The highest BCUT2D eigenvalue weighted by Gasteiger charge is 2.18. The van der Waals surface area contributed by atoms with E-state index in [1.807, 2.05) is 0 Å². The first-order valence-corrected chi connectivity index (χ1v) is 10.7. The number of hydrogen-bond acceptors (Lipinski definition) is 3. The summed E-state index contributed by atoms with van der Waals surface area (Å²) >= 11 is 0. The quantitative estimate of drug-likeness (QED) is 0.550. The summed E-state index contributed by atoms with van der Waals surface area (Å²) in [5, 5.41) is 0. The lowest BCUT2D eigenvalue weighted by Crippen LogP contribution is -2.34. The molecular weight excluding hydrogens is 410 g/mol. The number of sulfonamides is 1. The van der Waals surface area contributed by atoms with Gasteiger partial charge in [0.25, 0.3) is 5.91 Å². The molecule has 0 spiro atoms. The zero-order valence-electron chi connectivity index (χ0n) is 16.0. The van der Waals surface area contributed by atoms with Crippen molar-refractivity contribution in [2.24, 2.45) is 0 Å².